The molecule has 3 aromatic carbocycles. The summed E-state index contributed by atoms with van der Waals surface area (Å²) in [5.74, 6) is -0.215. The first-order chi connectivity index (χ1) is 14.8. The van der Waals surface area contributed by atoms with Gasteiger partial charge in [0.25, 0.3) is 5.91 Å². The number of piperazine rings is 1. The fourth-order valence-corrected chi connectivity index (χ4v) is 3.88. The third-order valence-corrected chi connectivity index (χ3v) is 5.70. The lowest BCUT2D eigenvalue weighted by Gasteiger charge is -2.40. The van der Waals surface area contributed by atoms with Crippen molar-refractivity contribution in [3.8, 4) is 0 Å². The molecule has 0 saturated carbocycles. The van der Waals surface area contributed by atoms with Gasteiger partial charge >= 0.3 is 0 Å². The Hall–Kier alpha value is -3.60. The summed E-state index contributed by atoms with van der Waals surface area (Å²) in [5, 5.41) is 0. The second-order valence-corrected chi connectivity index (χ2v) is 8.25. The maximum absolute atomic E-state index is 13.7. The number of hydrogen-bond acceptors (Lipinski definition) is 3. The molecule has 0 N–H and O–H groups in total. The zero-order chi connectivity index (χ0) is 22.1. The Morgan fingerprint density at radius 1 is 0.742 bits per heavy atom. The fraction of sp³-hybridized carbons (Fsp3) is 0.231. The van der Waals surface area contributed by atoms with Crippen LogP contribution in [0, 0.1) is 13.8 Å². The highest BCUT2D eigenvalue weighted by Crippen LogP contribution is 2.35. The number of carbonyl (C=O) groups excluding carboxylic acids is 2. The summed E-state index contributed by atoms with van der Waals surface area (Å²) in [4.78, 5) is 32.3. The third-order valence-electron chi connectivity index (χ3n) is 5.70. The number of anilines is 3. The van der Waals surface area contributed by atoms with Crippen LogP contribution in [0.5, 0.6) is 0 Å². The summed E-state index contributed by atoms with van der Waals surface area (Å²) >= 11 is 0. The second-order valence-electron chi connectivity index (χ2n) is 8.25. The van der Waals surface area contributed by atoms with Crippen LogP contribution in [0.3, 0.4) is 0 Å². The molecule has 1 heterocycles. The Balaban J connectivity index is 1.79. The van der Waals surface area contributed by atoms with Crippen LogP contribution in [0.1, 0.15) is 22.7 Å². The molecule has 0 radical (unpaired) electrons. The van der Waals surface area contributed by atoms with E-state index in [9.17, 15) is 9.59 Å². The van der Waals surface area contributed by atoms with Crippen LogP contribution in [0.25, 0.3) is 0 Å². The molecule has 3 aromatic rings. The lowest BCUT2D eigenvalue weighted by molar-refractivity contribution is -0.128. The lowest BCUT2D eigenvalue weighted by Crippen LogP contribution is -2.56. The molecule has 2 amide bonds. The van der Waals surface area contributed by atoms with Crippen LogP contribution in [-0.2, 0) is 9.59 Å². The molecule has 0 aromatic heterocycles. The lowest BCUT2D eigenvalue weighted by atomic mass is 9.98. The number of aryl methyl sites for hydroxylation is 2. The van der Waals surface area contributed by atoms with E-state index in [-0.39, 0.29) is 18.4 Å². The molecule has 4 rings (SSSR count). The maximum atomic E-state index is 13.7. The zero-order valence-electron chi connectivity index (χ0n) is 18.4. The molecule has 0 spiro atoms. The van der Waals surface area contributed by atoms with Crippen molar-refractivity contribution in [1.29, 1.82) is 0 Å². The Bertz CT molecular complexity index is 1090. The average molecular weight is 414 g/mol. The van der Waals surface area contributed by atoms with Gasteiger partial charge in [-0.3, -0.25) is 14.5 Å². The van der Waals surface area contributed by atoms with Gasteiger partial charge in [0.15, 0.2) is 0 Å². The van der Waals surface area contributed by atoms with Crippen molar-refractivity contribution in [3.63, 3.8) is 0 Å². The number of rotatable bonds is 4. The van der Waals surface area contributed by atoms with E-state index in [1.807, 2.05) is 106 Å². The molecular weight excluding hydrogens is 386 g/mol. The highest BCUT2D eigenvalue weighted by Gasteiger charge is 2.41. The summed E-state index contributed by atoms with van der Waals surface area (Å²) in [6, 6.07) is 22.6. The SMILES string of the molecule is Cc1ccc(N2CC(=O)N(c3ccc(C)cc3)[C@H](c3ccc(N(C)C)cc3)C2=O)cc1. The van der Waals surface area contributed by atoms with Gasteiger partial charge in [-0.15, -0.1) is 0 Å². The first-order valence-corrected chi connectivity index (χ1v) is 10.4. The van der Waals surface area contributed by atoms with Crippen molar-refractivity contribution >= 4 is 28.9 Å². The van der Waals surface area contributed by atoms with Crippen LogP contribution in [0.4, 0.5) is 17.1 Å². The third kappa shape index (κ3) is 4.04. The zero-order valence-corrected chi connectivity index (χ0v) is 18.4. The highest BCUT2D eigenvalue weighted by molar-refractivity contribution is 6.14. The van der Waals surface area contributed by atoms with Gasteiger partial charge in [-0.25, -0.2) is 0 Å². The molecule has 158 valence electrons. The number of amides is 2. The summed E-state index contributed by atoms with van der Waals surface area (Å²) in [6.45, 7) is 4.02. The number of carbonyl (C=O) groups is 2. The van der Waals surface area contributed by atoms with E-state index in [0.717, 1.165) is 33.8 Å². The van der Waals surface area contributed by atoms with E-state index < -0.39 is 6.04 Å². The van der Waals surface area contributed by atoms with Gasteiger partial charge < -0.3 is 9.80 Å². The summed E-state index contributed by atoms with van der Waals surface area (Å²) in [6.07, 6.45) is 0. The van der Waals surface area contributed by atoms with Crippen LogP contribution < -0.4 is 14.7 Å². The van der Waals surface area contributed by atoms with Gasteiger partial charge in [-0.05, 0) is 55.8 Å². The number of hydrogen-bond donors (Lipinski definition) is 0. The average Bonchev–Trinajstić information content (AvgIpc) is 2.76. The van der Waals surface area contributed by atoms with Gasteiger partial charge in [-0.2, -0.15) is 0 Å². The van der Waals surface area contributed by atoms with Crippen molar-refractivity contribution < 1.29 is 9.59 Å². The summed E-state index contributed by atoms with van der Waals surface area (Å²) < 4.78 is 0. The van der Waals surface area contributed by atoms with Crippen molar-refractivity contribution in [1.82, 2.24) is 0 Å². The molecule has 5 heteroatoms. The van der Waals surface area contributed by atoms with E-state index in [1.54, 1.807) is 9.80 Å². The first-order valence-electron chi connectivity index (χ1n) is 10.4. The summed E-state index contributed by atoms with van der Waals surface area (Å²) in [5.41, 5.74) is 5.51. The van der Waals surface area contributed by atoms with E-state index in [1.165, 1.54) is 0 Å². The van der Waals surface area contributed by atoms with Crippen molar-refractivity contribution in [2.75, 3.05) is 35.3 Å². The molecule has 0 bridgehead atoms. The van der Waals surface area contributed by atoms with Gasteiger partial charge in [-0.1, -0.05) is 47.5 Å². The van der Waals surface area contributed by atoms with Crippen LogP contribution in [0.2, 0.25) is 0 Å². The highest BCUT2D eigenvalue weighted by atomic mass is 16.2. The fourth-order valence-electron chi connectivity index (χ4n) is 3.88. The Kier molecular flexibility index (Phi) is 5.51. The van der Waals surface area contributed by atoms with E-state index in [0.29, 0.717) is 0 Å². The smallest absolute Gasteiger partial charge is 0.255 e. The topological polar surface area (TPSA) is 43.9 Å². The molecule has 1 aliphatic rings. The first kappa shape index (κ1) is 20.7. The minimum atomic E-state index is -0.721. The maximum Gasteiger partial charge on any atom is 0.255 e. The van der Waals surface area contributed by atoms with Crippen molar-refractivity contribution in [2.45, 2.75) is 19.9 Å². The molecule has 31 heavy (non-hydrogen) atoms. The molecule has 0 unspecified atom stereocenters. The molecule has 1 aliphatic heterocycles. The molecule has 1 saturated heterocycles. The molecule has 1 atom stereocenters. The molecule has 1 fully saturated rings. The normalized spacial score (nSPS) is 16.6. The Morgan fingerprint density at radius 3 is 1.77 bits per heavy atom. The number of benzene rings is 3. The van der Waals surface area contributed by atoms with Crippen LogP contribution in [-0.4, -0.2) is 32.5 Å². The summed E-state index contributed by atoms with van der Waals surface area (Å²) in [7, 11) is 3.95. The molecule has 0 aliphatic carbocycles. The van der Waals surface area contributed by atoms with Crippen molar-refractivity contribution in [2.24, 2.45) is 0 Å². The van der Waals surface area contributed by atoms with Gasteiger partial charge in [0.1, 0.15) is 12.6 Å². The van der Waals surface area contributed by atoms with Gasteiger partial charge in [0.05, 0.1) is 0 Å². The van der Waals surface area contributed by atoms with E-state index >= 15 is 0 Å². The van der Waals surface area contributed by atoms with Gasteiger partial charge in [0.2, 0.25) is 5.91 Å². The minimum absolute atomic E-state index is 0.0159. The monoisotopic (exact) mass is 413 g/mol. The molecular formula is C26H27N3O2. The quantitative estimate of drug-likeness (QED) is 0.633. The standard InChI is InChI=1S/C26H27N3O2/c1-18-5-11-22(12-6-18)28-17-24(30)29(23-13-7-19(2)8-14-23)25(26(28)31)20-9-15-21(16-10-20)27(3)4/h5-16,25H,17H2,1-4H3/t25-/m1/s1. The second kappa shape index (κ2) is 8.26. The van der Waals surface area contributed by atoms with E-state index in [2.05, 4.69) is 0 Å². The predicted molar refractivity (Wildman–Crippen MR) is 126 cm³/mol. The molecule has 5 nitrogen and oxygen atoms in total. The van der Waals surface area contributed by atoms with Crippen LogP contribution in [0.15, 0.2) is 72.8 Å². The van der Waals surface area contributed by atoms with Crippen molar-refractivity contribution in [3.05, 3.63) is 89.5 Å². The van der Waals surface area contributed by atoms with Crippen LogP contribution >= 0.6 is 0 Å². The Labute approximate surface area is 183 Å². The minimum Gasteiger partial charge on any atom is -0.378 e. The predicted octanol–water partition coefficient (Wildman–Crippen LogP) is 4.49. The largest absolute Gasteiger partial charge is 0.378 e. The van der Waals surface area contributed by atoms with E-state index in [4.69, 9.17) is 0 Å². The Morgan fingerprint density at radius 2 is 1.26 bits per heavy atom. The van der Waals surface area contributed by atoms with Gasteiger partial charge in [0, 0.05) is 31.2 Å². The number of nitrogens with zero attached hydrogens (tertiary/aromatic N) is 3.